The van der Waals surface area contributed by atoms with E-state index in [1.165, 1.54) is 22.8 Å². The maximum Gasteiger partial charge on any atom is 0.272 e. The second-order valence-electron chi connectivity index (χ2n) is 5.26. The normalized spacial score (nSPS) is 10.9. The summed E-state index contributed by atoms with van der Waals surface area (Å²) in [5.41, 5.74) is 2.12. The molecule has 0 spiro atoms. The molecular weight excluding hydrogens is 296 g/mol. The Morgan fingerprint density at radius 1 is 1.26 bits per heavy atom. The molecule has 3 rings (SSSR count). The van der Waals surface area contributed by atoms with Crippen molar-refractivity contribution >= 4 is 22.5 Å². The zero-order chi connectivity index (χ0) is 16.6. The molecule has 0 bridgehead atoms. The van der Waals surface area contributed by atoms with E-state index in [9.17, 15) is 20.0 Å². The zero-order valence-corrected chi connectivity index (χ0v) is 12.4. The first-order chi connectivity index (χ1) is 11.0. The van der Waals surface area contributed by atoms with Crippen LogP contribution in [0.15, 0.2) is 48.7 Å². The van der Waals surface area contributed by atoms with Crippen molar-refractivity contribution in [3.05, 3.63) is 75.5 Å². The van der Waals surface area contributed by atoms with Crippen LogP contribution in [0.25, 0.3) is 10.9 Å². The van der Waals surface area contributed by atoms with Crippen molar-refractivity contribution in [2.24, 2.45) is 0 Å². The molecule has 1 N–H and O–H groups in total. The molecule has 1 heterocycles. The molecule has 6 heteroatoms. The van der Waals surface area contributed by atoms with Crippen molar-refractivity contribution in [2.45, 2.75) is 13.5 Å². The van der Waals surface area contributed by atoms with Crippen LogP contribution in [0.2, 0.25) is 0 Å². The third-order valence-corrected chi connectivity index (χ3v) is 3.82. The van der Waals surface area contributed by atoms with Crippen LogP contribution in [0.3, 0.4) is 0 Å². The minimum Gasteiger partial charge on any atom is -0.392 e. The van der Waals surface area contributed by atoms with Crippen molar-refractivity contribution in [1.82, 2.24) is 4.57 Å². The van der Waals surface area contributed by atoms with E-state index in [1.54, 1.807) is 19.2 Å². The first-order valence-electron chi connectivity index (χ1n) is 7.02. The number of carbonyl (C=O) groups excluding carboxylic acids is 1. The van der Waals surface area contributed by atoms with Crippen LogP contribution in [-0.4, -0.2) is 20.5 Å². The van der Waals surface area contributed by atoms with Gasteiger partial charge in [-0.3, -0.25) is 19.5 Å². The van der Waals surface area contributed by atoms with E-state index in [0.717, 1.165) is 5.39 Å². The smallest absolute Gasteiger partial charge is 0.272 e. The molecule has 0 saturated heterocycles. The van der Waals surface area contributed by atoms with Crippen LogP contribution >= 0.6 is 0 Å². The minimum absolute atomic E-state index is 0.0186. The van der Waals surface area contributed by atoms with Gasteiger partial charge in [0.05, 0.1) is 17.0 Å². The fraction of sp³-hybridized carbons (Fsp3) is 0.118. The largest absolute Gasteiger partial charge is 0.392 e. The summed E-state index contributed by atoms with van der Waals surface area (Å²) in [7, 11) is 0. The van der Waals surface area contributed by atoms with Gasteiger partial charge in [-0.05, 0) is 25.1 Å². The molecule has 1 aromatic heterocycles. The van der Waals surface area contributed by atoms with Crippen molar-refractivity contribution in [2.75, 3.05) is 0 Å². The minimum atomic E-state index is -0.474. The molecular formula is C17H14N2O4. The van der Waals surface area contributed by atoms with Gasteiger partial charge in [-0.2, -0.15) is 0 Å². The van der Waals surface area contributed by atoms with E-state index in [2.05, 4.69) is 0 Å². The summed E-state index contributed by atoms with van der Waals surface area (Å²) in [4.78, 5) is 23.1. The van der Waals surface area contributed by atoms with Crippen LogP contribution in [0.4, 0.5) is 5.69 Å². The van der Waals surface area contributed by atoms with Gasteiger partial charge in [-0.1, -0.05) is 18.2 Å². The fourth-order valence-electron chi connectivity index (χ4n) is 2.68. The Bertz CT molecular complexity index is 927. The number of nitrogens with zero attached hydrogens (tertiary/aromatic N) is 2. The molecule has 3 aromatic rings. The highest BCUT2D eigenvalue weighted by Gasteiger charge is 2.17. The second-order valence-corrected chi connectivity index (χ2v) is 5.26. The van der Waals surface area contributed by atoms with Crippen molar-refractivity contribution < 1.29 is 14.8 Å². The number of aromatic nitrogens is 1. The summed E-state index contributed by atoms with van der Waals surface area (Å²) in [6, 6.07) is 11.6. The van der Waals surface area contributed by atoms with Crippen LogP contribution in [0, 0.1) is 17.0 Å². The molecule has 0 atom stereocenters. The van der Waals surface area contributed by atoms with Gasteiger partial charge in [0, 0.05) is 34.3 Å². The van der Waals surface area contributed by atoms with Crippen LogP contribution < -0.4 is 0 Å². The van der Waals surface area contributed by atoms with Gasteiger partial charge >= 0.3 is 0 Å². The molecule has 6 nitrogen and oxygen atoms in total. The number of hydrogen-bond acceptors (Lipinski definition) is 4. The van der Waals surface area contributed by atoms with Crippen molar-refractivity contribution in [3.63, 3.8) is 0 Å². The third-order valence-electron chi connectivity index (χ3n) is 3.82. The van der Waals surface area contributed by atoms with Crippen molar-refractivity contribution in [3.8, 4) is 0 Å². The second kappa shape index (κ2) is 5.66. The molecule has 116 valence electrons. The zero-order valence-electron chi connectivity index (χ0n) is 12.4. The number of fused-ring (bicyclic) bond motifs is 1. The molecule has 23 heavy (non-hydrogen) atoms. The number of aliphatic hydroxyl groups is 1. The average Bonchev–Trinajstić information content (AvgIpc) is 2.92. The van der Waals surface area contributed by atoms with Gasteiger partial charge in [-0.25, -0.2) is 0 Å². The van der Waals surface area contributed by atoms with Gasteiger partial charge in [-0.15, -0.1) is 0 Å². The molecule has 0 fully saturated rings. The summed E-state index contributed by atoms with van der Waals surface area (Å²) in [6.07, 6.45) is 1.60. The molecule has 0 saturated carbocycles. The average molecular weight is 310 g/mol. The Hall–Kier alpha value is -2.99. The lowest BCUT2D eigenvalue weighted by molar-refractivity contribution is -0.385. The number of rotatable bonds is 3. The molecule has 2 aromatic carbocycles. The highest BCUT2D eigenvalue weighted by Crippen LogP contribution is 2.24. The lowest BCUT2D eigenvalue weighted by Gasteiger charge is -2.05. The fourth-order valence-corrected chi connectivity index (χ4v) is 2.68. The number of nitro groups is 1. The monoisotopic (exact) mass is 310 g/mol. The Morgan fingerprint density at radius 3 is 2.65 bits per heavy atom. The van der Waals surface area contributed by atoms with Gasteiger partial charge in [0.1, 0.15) is 0 Å². The van der Waals surface area contributed by atoms with E-state index >= 15 is 0 Å². The van der Waals surface area contributed by atoms with Gasteiger partial charge in [0.15, 0.2) is 0 Å². The highest BCUT2D eigenvalue weighted by molar-refractivity contribution is 6.03. The van der Waals surface area contributed by atoms with E-state index in [0.29, 0.717) is 22.2 Å². The van der Waals surface area contributed by atoms with Crippen LogP contribution in [0.5, 0.6) is 0 Å². The number of aliphatic hydroxyl groups excluding tert-OH is 1. The van der Waals surface area contributed by atoms with E-state index in [4.69, 9.17) is 0 Å². The third kappa shape index (κ3) is 2.49. The van der Waals surface area contributed by atoms with E-state index < -0.39 is 4.92 Å². The van der Waals surface area contributed by atoms with Gasteiger partial charge < -0.3 is 5.11 Å². The summed E-state index contributed by atoms with van der Waals surface area (Å²) in [5, 5.41) is 21.1. The Labute approximate surface area is 131 Å². The number of benzene rings is 2. The molecule has 0 aliphatic heterocycles. The lowest BCUT2D eigenvalue weighted by atomic mass is 10.1. The summed E-state index contributed by atoms with van der Waals surface area (Å²) < 4.78 is 1.46. The molecule has 0 aliphatic rings. The molecule has 0 unspecified atom stereocenters. The number of nitro benzene ring substituents is 1. The number of carbonyl (C=O) groups is 1. The van der Waals surface area contributed by atoms with E-state index in [1.807, 2.05) is 18.2 Å². The number of aryl methyl sites for hydroxylation is 1. The first-order valence-corrected chi connectivity index (χ1v) is 7.02. The SMILES string of the molecule is Cc1cc(C(=O)n2cc(CO)c3ccccc32)ccc1[N+](=O)[O-]. The summed E-state index contributed by atoms with van der Waals surface area (Å²) >= 11 is 0. The lowest BCUT2D eigenvalue weighted by Crippen LogP contribution is -2.11. The topological polar surface area (TPSA) is 85.4 Å². The Kier molecular flexibility index (Phi) is 3.67. The number of hydrogen-bond donors (Lipinski definition) is 1. The highest BCUT2D eigenvalue weighted by atomic mass is 16.6. The Balaban J connectivity index is 2.11. The maximum atomic E-state index is 12.7. The Morgan fingerprint density at radius 2 is 2.00 bits per heavy atom. The van der Waals surface area contributed by atoms with E-state index in [-0.39, 0.29) is 18.2 Å². The van der Waals surface area contributed by atoms with Gasteiger partial charge in [0.25, 0.3) is 11.6 Å². The summed E-state index contributed by atoms with van der Waals surface area (Å²) in [6.45, 7) is 1.43. The molecule has 0 amide bonds. The summed E-state index contributed by atoms with van der Waals surface area (Å²) in [5.74, 6) is -0.293. The predicted molar refractivity (Wildman–Crippen MR) is 85.4 cm³/mol. The quantitative estimate of drug-likeness (QED) is 0.595. The maximum absolute atomic E-state index is 12.7. The van der Waals surface area contributed by atoms with Gasteiger partial charge in [0.2, 0.25) is 0 Å². The van der Waals surface area contributed by atoms with Crippen molar-refractivity contribution in [1.29, 1.82) is 0 Å². The molecule has 0 radical (unpaired) electrons. The van der Waals surface area contributed by atoms with Crippen LogP contribution in [0.1, 0.15) is 21.5 Å². The molecule has 0 aliphatic carbocycles. The van der Waals surface area contributed by atoms with Crippen LogP contribution in [-0.2, 0) is 6.61 Å². The number of para-hydroxylation sites is 1. The standard InChI is InChI=1S/C17H14N2O4/c1-11-8-12(6-7-15(11)19(22)23)17(21)18-9-13(10-20)14-4-2-3-5-16(14)18/h2-9,20H,10H2,1H3. The predicted octanol–water partition coefficient (Wildman–Crippen LogP) is 3.04. The first kappa shape index (κ1) is 14.9.